The number of urea groups is 1. The maximum atomic E-state index is 10.9. The Morgan fingerprint density at radius 1 is 0.512 bits per heavy atom. The SMILES string of the molecule is CC(=O)c1ccoc1NC(N)=O.COC(=O)c1ccoc1N.COC(=O)c1ccoc1N.CP=O.Cc1nc(C)c2ccoc2n1.Cc1nc(C)c2ccoc2n1.Nc1nc(N)c2ccoc2n1.O=C=NC(=O)c1ccccc1.O=c1[nH]c(=O)c2ccoc2[nH]1.O=c1[nH]c(=O)c2ccoc2[nH]1.OC1COC(O)CO1.[C-]#[N+]c1ccoc1N.[C-]#[N+]c1ccoc1N. The van der Waals surface area contributed by atoms with E-state index in [2.05, 4.69) is 106 Å². The number of aliphatic imine (C=N–C) groups is 1. The van der Waals surface area contributed by atoms with E-state index in [1.54, 1.807) is 55.6 Å². The van der Waals surface area contributed by atoms with E-state index in [0.29, 0.717) is 61.6 Å². The van der Waals surface area contributed by atoms with E-state index in [0.717, 1.165) is 33.8 Å². The molecule has 49 heteroatoms. The van der Waals surface area contributed by atoms with Gasteiger partial charge in [-0.1, -0.05) is 18.2 Å². The van der Waals surface area contributed by atoms with Gasteiger partial charge in [-0.05, 0) is 107 Å². The number of furan rings is 10. The lowest BCUT2D eigenvalue weighted by Crippen LogP contribution is -2.34. The Morgan fingerprint density at radius 2 is 0.888 bits per heavy atom. The average Bonchev–Trinajstić information content (AvgIpc) is 1.70. The third-order valence-corrected chi connectivity index (χ3v) is 14.5. The summed E-state index contributed by atoms with van der Waals surface area (Å²) in [6.07, 6.45) is 13.7. The molecule has 0 spiro atoms. The number of aryl methyl sites for hydroxylation is 4. The van der Waals surface area contributed by atoms with Gasteiger partial charge < -0.3 is 113 Å². The van der Waals surface area contributed by atoms with E-state index in [4.69, 9.17) is 94.6 Å². The van der Waals surface area contributed by atoms with Crippen LogP contribution in [0.1, 0.15) is 71.4 Å². The van der Waals surface area contributed by atoms with Crippen molar-refractivity contribution in [3.63, 3.8) is 0 Å². The van der Waals surface area contributed by atoms with E-state index in [1.807, 2.05) is 39.8 Å². The number of Topliss-reactive ketones (excluding diaryl/α,β-unsaturated/α-hetero) is 1. The Labute approximate surface area is 701 Å². The summed E-state index contributed by atoms with van der Waals surface area (Å²) in [5.41, 5.74) is 40.7. The highest BCUT2D eigenvalue weighted by molar-refractivity contribution is 7.22. The highest BCUT2D eigenvalue weighted by Gasteiger charge is 2.18. The maximum absolute atomic E-state index is 10.9. The molecular weight excluding hydrogens is 1670 g/mol. The Morgan fingerprint density at radius 3 is 1.25 bits per heavy atom. The fourth-order valence-corrected chi connectivity index (χ4v) is 8.93. The second-order valence-electron chi connectivity index (χ2n) is 23.0. The van der Waals surface area contributed by atoms with Crippen molar-refractivity contribution in [1.29, 1.82) is 0 Å². The number of amides is 3. The normalized spacial score (nSPS) is 11.6. The lowest BCUT2D eigenvalue weighted by Gasteiger charge is -2.22. The summed E-state index contributed by atoms with van der Waals surface area (Å²) in [5.74, 6) is 0.945. The fourth-order valence-electron chi connectivity index (χ4n) is 8.93. The summed E-state index contributed by atoms with van der Waals surface area (Å²) in [6, 6.07) is 23.5. The number of aromatic amines is 4. The number of benzene rings is 1. The number of aromatic nitrogens is 10. The van der Waals surface area contributed by atoms with E-state index in [-0.39, 0.29) is 85.4 Å². The number of carbonyl (C=O) groups is 5. The highest BCUT2D eigenvalue weighted by Crippen LogP contribution is 2.24. The number of aliphatic hydroxyl groups excluding tert-OH is 2. The highest BCUT2D eigenvalue weighted by atomic mass is 31.1. The van der Waals surface area contributed by atoms with Gasteiger partial charge in [-0.15, -0.1) is 4.99 Å². The molecule has 21 N–H and O–H groups in total. The molecule has 2 atom stereocenters. The van der Waals surface area contributed by atoms with Crippen molar-refractivity contribution in [2.75, 3.05) is 73.8 Å². The molecular formula is C76H76N21O27P. The van der Waals surface area contributed by atoms with Crippen LogP contribution in [0.2, 0.25) is 0 Å². The number of primary amides is 1. The van der Waals surface area contributed by atoms with Crippen molar-refractivity contribution in [2.45, 2.75) is 47.2 Å². The molecule has 48 nitrogen and oxygen atoms in total. The van der Waals surface area contributed by atoms with Gasteiger partial charge in [0.2, 0.25) is 69.6 Å². The van der Waals surface area contributed by atoms with Crippen LogP contribution in [0.15, 0.2) is 222 Å². The van der Waals surface area contributed by atoms with Gasteiger partial charge >= 0.3 is 29.3 Å². The average molecular weight is 1750 g/mol. The van der Waals surface area contributed by atoms with E-state index >= 15 is 0 Å². The fraction of sp³-hybridized carbons (Fsp3) is 0.158. The second kappa shape index (κ2) is 50.4. The van der Waals surface area contributed by atoms with Crippen molar-refractivity contribution < 1.29 is 107 Å². The van der Waals surface area contributed by atoms with Gasteiger partial charge in [-0.25, -0.2) is 48.4 Å². The maximum Gasteiger partial charge on any atom is 0.343 e. The molecule has 125 heavy (non-hydrogen) atoms. The molecule has 0 radical (unpaired) electrons. The third kappa shape index (κ3) is 31.8. The minimum Gasteiger partial charge on any atom is -0.465 e. The van der Waals surface area contributed by atoms with Crippen LogP contribution in [-0.2, 0) is 28.3 Å². The first-order valence-electron chi connectivity index (χ1n) is 34.6. The number of carbonyl (C=O) groups excluding carboxylic acids is 6. The number of fused-ring (bicyclic) bond motifs is 5. The van der Waals surface area contributed by atoms with Crippen LogP contribution in [0.4, 0.5) is 57.4 Å². The molecule has 0 bridgehead atoms. The molecule has 2 unspecified atom stereocenters. The number of hydrogen-bond donors (Lipinski definition) is 14. The van der Waals surface area contributed by atoms with Crippen LogP contribution in [0.3, 0.4) is 0 Å². The molecule has 1 aromatic carbocycles. The number of esters is 2. The first kappa shape index (κ1) is 98.1. The topological polar surface area (TPSA) is 752 Å². The summed E-state index contributed by atoms with van der Waals surface area (Å²) in [5, 5.41) is 22.7. The molecule has 1 aliphatic rings. The van der Waals surface area contributed by atoms with Crippen LogP contribution >= 0.6 is 8.46 Å². The Kier molecular flexibility index (Phi) is 39.5. The minimum atomic E-state index is -0.863. The molecule has 17 rings (SSSR count). The minimum absolute atomic E-state index is 0.0567. The first-order chi connectivity index (χ1) is 59.7. The number of nitrogens with zero attached hydrogens (tertiary/aromatic N) is 9. The number of rotatable bonds is 5. The number of H-pyrrole nitrogens is 4. The standard InChI is InChI=1S/2C8H8N2O.C8H5NO2.C7H8N2O3.C6H6N4O.2C6H4N2O3.2C6H7NO3.2C5H4N2O.C4H8O4.CH3OP/c2*1-5-7-3-4-11-8(7)10-6(2)9-5;10-6-9-8(11)7-4-2-1-3-5-7;1-4(10)5-2-3-12-6(5)9-7(8)11;7-4-3-1-2-11-5(3)10-6(8)9-4;2*9-4-3-1-2-11-5(3)8-6(10)7-4;2*1-9-6(8)4-2-3-10-5(4)7;2*1-7-4-2-3-8-5(4)6;5-3-1-7-4(6)2-8-3;1-3-2/h2*3-4H,1-2H3;1-5H;2-3H,1H3,(H3,8,9,11);1-2H,(H4,7,8,9,10);2*1-2H,(H2,7,8,9,10);2*2-3H,7H2,1H3;2*2-3H,6H2;3-6H,1-2H2;1H3. The monoisotopic (exact) mass is 1750 g/mol. The van der Waals surface area contributed by atoms with Gasteiger partial charge in [0.1, 0.15) is 52.6 Å². The number of nitrogen functional groups attached to an aromatic ring is 6. The Bertz CT molecular complexity index is 6170. The van der Waals surface area contributed by atoms with Gasteiger partial charge in [-0.3, -0.25) is 49.0 Å². The molecule has 3 amide bonds. The van der Waals surface area contributed by atoms with Gasteiger partial charge in [-0.2, -0.15) is 19.9 Å². The first-order valence-corrected chi connectivity index (χ1v) is 35.9. The van der Waals surface area contributed by atoms with Gasteiger partial charge in [0.15, 0.2) is 38.6 Å². The van der Waals surface area contributed by atoms with Crippen molar-refractivity contribution >= 4 is 152 Å². The molecule has 0 saturated carbocycles. The number of anilines is 7. The Hall–Kier alpha value is -17.4. The lowest BCUT2D eigenvalue weighted by atomic mass is 10.2. The lowest BCUT2D eigenvalue weighted by molar-refractivity contribution is -0.263. The van der Waals surface area contributed by atoms with Crippen LogP contribution in [0.25, 0.3) is 65.2 Å². The molecule has 0 aliphatic carbocycles. The van der Waals surface area contributed by atoms with Gasteiger partial charge in [0.05, 0.1) is 123 Å². The largest absolute Gasteiger partial charge is 0.465 e. The smallest absolute Gasteiger partial charge is 0.343 e. The molecule has 1 fully saturated rings. The quantitative estimate of drug-likeness (QED) is 0.0190. The molecule has 1 aliphatic heterocycles. The predicted octanol–water partition coefficient (Wildman–Crippen LogP) is 9.52. The van der Waals surface area contributed by atoms with E-state index < -0.39 is 59.0 Å². The number of methoxy groups -OCH3 is 2. The summed E-state index contributed by atoms with van der Waals surface area (Å²) in [7, 11) is 2.74. The van der Waals surface area contributed by atoms with E-state index in [1.165, 1.54) is 120 Å². The molecule has 1 saturated heterocycles. The summed E-state index contributed by atoms with van der Waals surface area (Å²) >= 11 is 0. The summed E-state index contributed by atoms with van der Waals surface area (Å²) in [4.78, 5) is 148. The number of isocyanates is 1. The van der Waals surface area contributed by atoms with Crippen molar-refractivity contribution in [3.05, 3.63) is 263 Å². The van der Waals surface area contributed by atoms with Crippen LogP contribution in [0, 0.1) is 40.8 Å². The number of ketones is 1. The predicted molar refractivity (Wildman–Crippen MR) is 444 cm³/mol. The molecule has 16 heterocycles. The number of aliphatic hydroxyl groups is 2. The van der Waals surface area contributed by atoms with Crippen LogP contribution in [0.5, 0.6) is 0 Å². The summed E-state index contributed by atoms with van der Waals surface area (Å²) in [6.45, 7) is 23.6. The van der Waals surface area contributed by atoms with Crippen LogP contribution in [-0.4, -0.2) is 142 Å². The number of hydrogen-bond acceptors (Lipinski definition) is 39. The van der Waals surface area contributed by atoms with E-state index in [9.17, 15) is 47.9 Å². The molecule has 652 valence electrons. The Balaban J connectivity index is 0.000000242. The molecule has 15 aromatic heterocycles. The zero-order chi connectivity index (χ0) is 92.2. The number of nitrogens with two attached hydrogens (primary N) is 7. The second-order valence-corrected chi connectivity index (χ2v) is 23.4. The van der Waals surface area contributed by atoms with Gasteiger partial charge in [0.25, 0.3) is 17.0 Å². The zero-order valence-electron chi connectivity index (χ0n) is 66.6. The van der Waals surface area contributed by atoms with Crippen molar-refractivity contribution in [3.8, 4) is 0 Å². The number of ether oxygens (including phenoxy) is 4. The van der Waals surface area contributed by atoms with Crippen molar-refractivity contribution in [1.82, 2.24) is 49.8 Å². The zero-order valence-corrected chi connectivity index (χ0v) is 67.5. The van der Waals surface area contributed by atoms with Crippen molar-refractivity contribution in [2.24, 2.45) is 10.7 Å². The summed E-state index contributed by atoms with van der Waals surface area (Å²) < 4.78 is 75.0. The third-order valence-electron chi connectivity index (χ3n) is 14.5. The number of nitrogens with one attached hydrogen (secondary N) is 5. The van der Waals surface area contributed by atoms with Gasteiger partial charge in [0, 0.05) is 12.2 Å². The van der Waals surface area contributed by atoms with Crippen LogP contribution < -0.4 is 68.0 Å². The molecule has 16 aromatic rings.